The third-order valence-electron chi connectivity index (χ3n) is 9.11. The van der Waals surface area contributed by atoms with E-state index in [0.717, 1.165) is 33.6 Å². The van der Waals surface area contributed by atoms with Crippen LogP contribution in [0.4, 0.5) is 29.2 Å². The van der Waals surface area contributed by atoms with E-state index in [9.17, 15) is 17.6 Å². The Kier molecular flexibility index (Phi) is 9.68. The van der Waals surface area contributed by atoms with Gasteiger partial charge in [0.1, 0.15) is 35.6 Å². The highest BCUT2D eigenvalue weighted by molar-refractivity contribution is 6.28. The molecule has 4 aliphatic rings. The van der Waals surface area contributed by atoms with E-state index in [1.54, 1.807) is 24.3 Å². The maximum absolute atomic E-state index is 13.6. The number of rotatable bonds is 4. The first kappa shape index (κ1) is 32.9. The van der Waals surface area contributed by atoms with Crippen LogP contribution in [-0.4, -0.2) is 71.7 Å². The van der Waals surface area contributed by atoms with Crippen LogP contribution in [0, 0.1) is 11.6 Å². The fourth-order valence-corrected chi connectivity index (χ4v) is 7.08. The van der Waals surface area contributed by atoms with Crippen LogP contribution >= 0.6 is 23.2 Å². The lowest BCUT2D eigenvalue weighted by Crippen LogP contribution is -2.27. The number of nitrogens with zero attached hydrogens (tertiary/aromatic N) is 6. The highest BCUT2D eigenvalue weighted by atomic mass is 35.5. The molecule has 4 atom stereocenters. The third kappa shape index (κ3) is 6.94. The molecule has 0 aliphatic carbocycles. The summed E-state index contributed by atoms with van der Waals surface area (Å²) in [6.45, 7) is 3.43. The Labute approximate surface area is 285 Å². The van der Waals surface area contributed by atoms with Crippen LogP contribution in [0.1, 0.15) is 58.3 Å². The van der Waals surface area contributed by atoms with Crippen molar-refractivity contribution in [2.45, 2.75) is 50.2 Å². The Bertz CT molecular complexity index is 1640. The molecule has 6 heterocycles. The molecule has 2 fully saturated rings. The minimum Gasteiger partial charge on any atom is -0.376 e. The van der Waals surface area contributed by atoms with Crippen LogP contribution in [0.3, 0.4) is 0 Å². The van der Waals surface area contributed by atoms with Crippen molar-refractivity contribution in [3.63, 3.8) is 0 Å². The Morgan fingerprint density at radius 1 is 0.604 bits per heavy atom. The van der Waals surface area contributed by atoms with Crippen LogP contribution in [0.15, 0.2) is 48.5 Å². The molecular weight excluding hydrogens is 671 g/mol. The Hall–Kier alpha value is -3.58. The lowest BCUT2D eigenvalue weighted by Gasteiger charge is -2.29. The maximum Gasteiger partial charge on any atom is 0.224 e. The molecule has 4 aliphatic heterocycles. The normalized spacial score (nSPS) is 23.4. The zero-order valence-corrected chi connectivity index (χ0v) is 27.3. The van der Waals surface area contributed by atoms with Crippen LogP contribution in [-0.2, 0) is 22.7 Å². The first-order chi connectivity index (χ1) is 23.2. The lowest BCUT2D eigenvalue weighted by atomic mass is 9.91. The summed E-state index contributed by atoms with van der Waals surface area (Å²) in [6.07, 6.45) is -0.740. The summed E-state index contributed by atoms with van der Waals surface area (Å²) in [5.74, 6) is 0.440. The predicted molar refractivity (Wildman–Crippen MR) is 173 cm³/mol. The average molecular weight is 704 g/mol. The standard InChI is InChI=1S/2C17H16ClF2N3O/c2*18-17-21-15-13(10-1-3-11(19)4-2-10)8-24-9-14(15)16(22-17)23-6-5-12(20)7-23/h2*1-4,12-13H,5-9H2/t2*12-,13?/m00/s1. The molecule has 8 rings (SSSR count). The molecule has 0 N–H and O–H groups in total. The molecule has 252 valence electrons. The van der Waals surface area contributed by atoms with Crippen molar-refractivity contribution in [1.29, 1.82) is 0 Å². The molecule has 8 nitrogen and oxygen atoms in total. The number of benzene rings is 2. The molecule has 4 aromatic rings. The van der Waals surface area contributed by atoms with Gasteiger partial charge in [-0.15, -0.1) is 0 Å². The van der Waals surface area contributed by atoms with Crippen molar-refractivity contribution in [3.8, 4) is 0 Å². The van der Waals surface area contributed by atoms with Crippen molar-refractivity contribution < 1.29 is 27.0 Å². The number of aromatic nitrogens is 4. The number of alkyl halides is 2. The van der Waals surface area contributed by atoms with Gasteiger partial charge in [0.05, 0.1) is 62.7 Å². The number of ether oxygens (including phenoxy) is 2. The van der Waals surface area contributed by atoms with Crippen molar-refractivity contribution in [2.24, 2.45) is 0 Å². The smallest absolute Gasteiger partial charge is 0.224 e. The van der Waals surface area contributed by atoms with E-state index in [-0.39, 0.29) is 34.0 Å². The third-order valence-corrected chi connectivity index (χ3v) is 9.45. The Morgan fingerprint density at radius 3 is 1.35 bits per heavy atom. The van der Waals surface area contributed by atoms with Gasteiger partial charge in [0, 0.05) is 24.2 Å². The van der Waals surface area contributed by atoms with E-state index < -0.39 is 12.3 Å². The minimum absolute atomic E-state index is 0.139. The molecule has 2 aromatic carbocycles. The molecule has 0 bridgehead atoms. The quantitative estimate of drug-likeness (QED) is 0.167. The average Bonchev–Trinajstić information content (AvgIpc) is 3.72. The second-order valence-electron chi connectivity index (χ2n) is 12.3. The van der Waals surface area contributed by atoms with Crippen molar-refractivity contribution in [3.05, 3.63) is 104 Å². The van der Waals surface area contributed by atoms with Crippen LogP contribution < -0.4 is 9.80 Å². The van der Waals surface area contributed by atoms with Crippen molar-refractivity contribution in [1.82, 2.24) is 19.9 Å². The first-order valence-electron chi connectivity index (χ1n) is 15.8. The van der Waals surface area contributed by atoms with Crippen LogP contribution in [0.2, 0.25) is 10.6 Å². The molecule has 2 saturated heterocycles. The number of hydrogen-bond donors (Lipinski definition) is 0. The van der Waals surface area contributed by atoms with Gasteiger partial charge in [-0.2, -0.15) is 0 Å². The zero-order valence-electron chi connectivity index (χ0n) is 25.8. The van der Waals surface area contributed by atoms with Crippen molar-refractivity contribution >= 4 is 34.8 Å². The summed E-state index contributed by atoms with van der Waals surface area (Å²) in [6, 6.07) is 12.6. The summed E-state index contributed by atoms with van der Waals surface area (Å²) >= 11 is 12.3. The molecule has 0 radical (unpaired) electrons. The fraction of sp³-hybridized carbons (Fsp3) is 0.412. The molecule has 2 unspecified atom stereocenters. The highest BCUT2D eigenvalue weighted by Crippen LogP contribution is 2.38. The SMILES string of the molecule is Fc1ccc(C2COCc3c2nc(Cl)nc3N2CC[C@H](F)C2)cc1.Fc1ccc(C2COCc3c2nc(Cl)nc3N2CC[C@H](F)C2)cc1. The van der Waals surface area contributed by atoms with Gasteiger partial charge >= 0.3 is 0 Å². The molecule has 0 saturated carbocycles. The van der Waals surface area contributed by atoms with Gasteiger partial charge in [-0.25, -0.2) is 37.5 Å². The monoisotopic (exact) mass is 702 g/mol. The van der Waals surface area contributed by atoms with Gasteiger partial charge in [-0.3, -0.25) is 0 Å². The van der Waals surface area contributed by atoms with E-state index in [1.165, 1.54) is 24.3 Å². The van der Waals surface area contributed by atoms with Crippen LogP contribution in [0.5, 0.6) is 0 Å². The van der Waals surface area contributed by atoms with Crippen molar-refractivity contribution in [2.75, 3.05) is 49.2 Å². The van der Waals surface area contributed by atoms with E-state index in [1.807, 2.05) is 9.80 Å². The Balaban J connectivity index is 0.000000152. The van der Waals surface area contributed by atoms with Gasteiger partial charge in [-0.1, -0.05) is 24.3 Å². The molecule has 0 amide bonds. The fourth-order valence-electron chi connectivity index (χ4n) is 6.73. The zero-order chi connectivity index (χ0) is 33.4. The van der Waals surface area contributed by atoms with Gasteiger partial charge in [0.15, 0.2) is 0 Å². The summed E-state index contributed by atoms with van der Waals surface area (Å²) in [5, 5.41) is 0.278. The lowest BCUT2D eigenvalue weighted by molar-refractivity contribution is 0.0975. The number of halogens is 6. The second kappa shape index (κ2) is 14.1. The molecule has 14 heteroatoms. The van der Waals surface area contributed by atoms with Gasteiger partial charge in [0.2, 0.25) is 10.6 Å². The van der Waals surface area contributed by atoms with Gasteiger partial charge < -0.3 is 19.3 Å². The number of anilines is 2. The summed E-state index contributed by atoms with van der Waals surface area (Å²) in [7, 11) is 0. The van der Waals surface area contributed by atoms with Gasteiger partial charge in [0.25, 0.3) is 0 Å². The second-order valence-corrected chi connectivity index (χ2v) is 12.9. The first-order valence-corrected chi connectivity index (χ1v) is 16.6. The predicted octanol–water partition coefficient (Wildman–Crippen LogP) is 6.96. The van der Waals surface area contributed by atoms with Gasteiger partial charge in [-0.05, 0) is 71.4 Å². The molecule has 2 aromatic heterocycles. The molecule has 0 spiro atoms. The van der Waals surface area contributed by atoms with E-state index in [2.05, 4.69) is 19.9 Å². The maximum atomic E-state index is 13.6. The van der Waals surface area contributed by atoms with E-state index in [4.69, 9.17) is 32.7 Å². The summed E-state index contributed by atoms with van der Waals surface area (Å²) in [4.78, 5) is 21.2. The minimum atomic E-state index is -0.855. The van der Waals surface area contributed by atoms with E-state index >= 15 is 0 Å². The summed E-state index contributed by atoms with van der Waals surface area (Å²) < 4.78 is 65.0. The molecular formula is C34H32Cl2F4N6O2. The highest BCUT2D eigenvalue weighted by Gasteiger charge is 2.34. The van der Waals surface area contributed by atoms with E-state index in [0.29, 0.717) is 77.1 Å². The number of hydrogen-bond acceptors (Lipinski definition) is 8. The topological polar surface area (TPSA) is 76.5 Å². The van der Waals surface area contributed by atoms with Crippen LogP contribution in [0.25, 0.3) is 0 Å². The number of fused-ring (bicyclic) bond motifs is 2. The molecule has 48 heavy (non-hydrogen) atoms. The largest absolute Gasteiger partial charge is 0.376 e. The Morgan fingerprint density at radius 2 is 1.00 bits per heavy atom. The summed E-state index contributed by atoms with van der Waals surface area (Å²) in [5.41, 5.74) is 5.06.